The molecular formula is C15H20N2O4. The summed E-state index contributed by atoms with van der Waals surface area (Å²) in [5.74, 6) is -0.385. The number of nitrogens with zero attached hydrogens (tertiary/aromatic N) is 2. The van der Waals surface area contributed by atoms with E-state index in [-0.39, 0.29) is 36.4 Å². The van der Waals surface area contributed by atoms with E-state index < -0.39 is 6.09 Å². The minimum Gasteiger partial charge on any atom is -0.444 e. The number of aliphatic imine (C=N–C) groups is 1. The molecule has 1 N–H and O–H groups in total. The molecular weight excluding hydrogens is 272 g/mol. The van der Waals surface area contributed by atoms with Gasteiger partial charge in [-0.2, -0.15) is 4.99 Å². The SMILES string of the molecule is C=CCOC(=O)N=C(C)C(=C)C(=O)N1C=C(C)CC1CO. The van der Waals surface area contributed by atoms with Crippen molar-refractivity contribution < 1.29 is 19.4 Å². The van der Waals surface area contributed by atoms with E-state index in [1.165, 1.54) is 17.9 Å². The second kappa shape index (κ2) is 7.54. The standard InChI is InChI=1S/C15H20N2O4/c1-5-6-21-15(20)16-12(4)11(3)14(19)17-8-10(2)7-13(17)9-18/h5,8,13,18H,1,3,6-7,9H2,2,4H3. The second-order valence-electron chi connectivity index (χ2n) is 4.77. The van der Waals surface area contributed by atoms with Crippen LogP contribution in [0.5, 0.6) is 0 Å². The van der Waals surface area contributed by atoms with Gasteiger partial charge in [0, 0.05) is 6.20 Å². The number of rotatable bonds is 5. The van der Waals surface area contributed by atoms with Crippen molar-refractivity contribution in [2.75, 3.05) is 13.2 Å². The average Bonchev–Trinajstić information content (AvgIpc) is 2.84. The molecule has 114 valence electrons. The number of ether oxygens (including phenoxy) is 1. The van der Waals surface area contributed by atoms with Crippen molar-refractivity contribution in [1.82, 2.24) is 4.90 Å². The van der Waals surface area contributed by atoms with Gasteiger partial charge >= 0.3 is 6.09 Å². The van der Waals surface area contributed by atoms with E-state index in [4.69, 9.17) is 4.74 Å². The molecule has 0 aromatic carbocycles. The van der Waals surface area contributed by atoms with Crippen LogP contribution < -0.4 is 0 Å². The lowest BCUT2D eigenvalue weighted by molar-refractivity contribution is -0.126. The maximum absolute atomic E-state index is 12.3. The molecule has 2 amide bonds. The van der Waals surface area contributed by atoms with Crippen molar-refractivity contribution in [3.8, 4) is 0 Å². The van der Waals surface area contributed by atoms with E-state index in [0.29, 0.717) is 6.42 Å². The smallest absolute Gasteiger partial charge is 0.434 e. The van der Waals surface area contributed by atoms with Crippen molar-refractivity contribution in [2.24, 2.45) is 4.99 Å². The summed E-state index contributed by atoms with van der Waals surface area (Å²) in [5.41, 5.74) is 1.27. The molecule has 1 aliphatic heterocycles. The van der Waals surface area contributed by atoms with Crippen molar-refractivity contribution in [3.63, 3.8) is 0 Å². The van der Waals surface area contributed by atoms with Gasteiger partial charge in [0.15, 0.2) is 0 Å². The zero-order chi connectivity index (χ0) is 16.0. The van der Waals surface area contributed by atoms with E-state index in [2.05, 4.69) is 18.2 Å². The van der Waals surface area contributed by atoms with Crippen LogP contribution in [0.2, 0.25) is 0 Å². The van der Waals surface area contributed by atoms with Gasteiger partial charge in [0.2, 0.25) is 0 Å². The van der Waals surface area contributed by atoms with Gasteiger partial charge < -0.3 is 14.7 Å². The fraction of sp³-hybridized carbons (Fsp3) is 0.400. The number of carbonyl (C=O) groups is 2. The van der Waals surface area contributed by atoms with Crippen LogP contribution in [0.25, 0.3) is 0 Å². The summed E-state index contributed by atoms with van der Waals surface area (Å²) in [5, 5.41) is 9.30. The molecule has 1 unspecified atom stereocenters. The molecule has 0 bridgehead atoms. The van der Waals surface area contributed by atoms with E-state index in [1.807, 2.05) is 6.92 Å². The van der Waals surface area contributed by atoms with Gasteiger partial charge in [-0.25, -0.2) is 4.79 Å². The third-order valence-electron chi connectivity index (χ3n) is 3.03. The largest absolute Gasteiger partial charge is 0.444 e. The van der Waals surface area contributed by atoms with Gasteiger partial charge in [0.25, 0.3) is 5.91 Å². The summed E-state index contributed by atoms with van der Waals surface area (Å²) in [4.78, 5) is 28.8. The Kier molecular flexibility index (Phi) is 6.05. The van der Waals surface area contributed by atoms with Crippen molar-refractivity contribution >= 4 is 17.7 Å². The molecule has 21 heavy (non-hydrogen) atoms. The molecule has 0 aromatic rings. The zero-order valence-electron chi connectivity index (χ0n) is 12.3. The Labute approximate surface area is 124 Å². The Morgan fingerprint density at radius 3 is 2.86 bits per heavy atom. The molecule has 0 radical (unpaired) electrons. The fourth-order valence-electron chi connectivity index (χ4n) is 1.92. The Balaban J connectivity index is 2.78. The van der Waals surface area contributed by atoms with Crippen molar-refractivity contribution in [1.29, 1.82) is 0 Å². The highest BCUT2D eigenvalue weighted by atomic mass is 16.5. The van der Waals surface area contributed by atoms with E-state index in [9.17, 15) is 14.7 Å². The lowest BCUT2D eigenvalue weighted by atomic mass is 10.1. The minimum atomic E-state index is -0.798. The number of aliphatic hydroxyl groups is 1. The molecule has 0 fully saturated rings. The summed E-state index contributed by atoms with van der Waals surface area (Å²) in [6, 6.07) is -0.297. The molecule has 0 saturated heterocycles. The molecule has 0 spiro atoms. The van der Waals surface area contributed by atoms with Crippen molar-refractivity contribution in [2.45, 2.75) is 26.3 Å². The lowest BCUT2D eigenvalue weighted by Crippen LogP contribution is -2.37. The fourth-order valence-corrected chi connectivity index (χ4v) is 1.92. The van der Waals surface area contributed by atoms with E-state index in [1.54, 1.807) is 6.20 Å². The number of aliphatic hydroxyl groups excluding tert-OH is 1. The molecule has 0 saturated carbocycles. The Morgan fingerprint density at radius 1 is 1.62 bits per heavy atom. The van der Waals surface area contributed by atoms with E-state index >= 15 is 0 Å². The van der Waals surface area contributed by atoms with Gasteiger partial charge in [-0.1, -0.05) is 24.8 Å². The number of amides is 2. The Hall–Kier alpha value is -2.21. The first kappa shape index (κ1) is 16.8. The first-order valence-electron chi connectivity index (χ1n) is 6.53. The third-order valence-corrected chi connectivity index (χ3v) is 3.03. The minimum absolute atomic E-state index is 0.0523. The van der Waals surface area contributed by atoms with Crippen LogP contribution in [0.4, 0.5) is 4.79 Å². The van der Waals surface area contributed by atoms with Crippen LogP contribution in [-0.2, 0) is 9.53 Å². The quantitative estimate of drug-likeness (QED) is 0.476. The summed E-state index contributed by atoms with van der Waals surface area (Å²) in [6.07, 6.45) is 2.92. The average molecular weight is 292 g/mol. The van der Waals surface area contributed by atoms with Gasteiger partial charge in [-0.3, -0.25) is 4.79 Å². The summed E-state index contributed by atoms with van der Waals surface area (Å²) < 4.78 is 4.71. The predicted octanol–water partition coefficient (Wildman–Crippen LogP) is 1.82. The first-order valence-corrected chi connectivity index (χ1v) is 6.53. The molecule has 6 nitrogen and oxygen atoms in total. The summed E-state index contributed by atoms with van der Waals surface area (Å²) in [6.45, 7) is 10.4. The Bertz CT molecular complexity index is 520. The molecule has 1 aliphatic rings. The van der Waals surface area contributed by atoms with Crippen LogP contribution in [-0.4, -0.2) is 47.0 Å². The third kappa shape index (κ3) is 4.39. The molecule has 1 rings (SSSR count). The zero-order valence-corrected chi connectivity index (χ0v) is 12.3. The van der Waals surface area contributed by atoms with Gasteiger partial charge in [0.1, 0.15) is 6.61 Å². The highest BCUT2D eigenvalue weighted by Gasteiger charge is 2.29. The molecule has 6 heteroatoms. The lowest BCUT2D eigenvalue weighted by Gasteiger charge is -2.22. The number of hydrogen-bond acceptors (Lipinski definition) is 4. The van der Waals surface area contributed by atoms with E-state index in [0.717, 1.165) is 5.57 Å². The van der Waals surface area contributed by atoms with Crippen LogP contribution in [0, 0.1) is 0 Å². The maximum atomic E-state index is 12.3. The van der Waals surface area contributed by atoms with Crippen LogP contribution in [0.15, 0.2) is 41.6 Å². The molecule has 0 aromatic heterocycles. The topological polar surface area (TPSA) is 79.2 Å². The van der Waals surface area contributed by atoms with Crippen LogP contribution in [0.3, 0.4) is 0 Å². The predicted molar refractivity (Wildman–Crippen MR) is 79.9 cm³/mol. The van der Waals surface area contributed by atoms with Gasteiger partial charge in [-0.15, -0.1) is 0 Å². The monoisotopic (exact) mass is 292 g/mol. The normalized spacial score (nSPS) is 18.2. The second-order valence-corrected chi connectivity index (χ2v) is 4.77. The first-order chi connectivity index (χ1) is 9.90. The van der Waals surface area contributed by atoms with Crippen LogP contribution >= 0.6 is 0 Å². The van der Waals surface area contributed by atoms with Crippen molar-refractivity contribution in [3.05, 3.63) is 36.6 Å². The highest BCUT2D eigenvalue weighted by Crippen LogP contribution is 2.22. The number of carbonyl (C=O) groups excluding carboxylic acids is 2. The van der Waals surface area contributed by atoms with Crippen LogP contribution in [0.1, 0.15) is 20.3 Å². The molecule has 1 atom stereocenters. The summed E-state index contributed by atoms with van der Waals surface area (Å²) >= 11 is 0. The maximum Gasteiger partial charge on any atom is 0.434 e. The highest BCUT2D eigenvalue weighted by molar-refractivity contribution is 6.22. The number of hydrogen-bond donors (Lipinski definition) is 1. The molecule has 1 heterocycles. The molecule has 0 aliphatic carbocycles. The Morgan fingerprint density at radius 2 is 2.29 bits per heavy atom. The summed E-state index contributed by atoms with van der Waals surface area (Å²) in [7, 11) is 0. The van der Waals surface area contributed by atoms with Gasteiger partial charge in [-0.05, 0) is 20.3 Å². The van der Waals surface area contributed by atoms with Gasteiger partial charge in [0.05, 0.1) is 23.9 Å².